The van der Waals surface area contributed by atoms with E-state index < -0.39 is 11.6 Å². The maximum Gasteiger partial charge on any atom is 0.261 e. The highest BCUT2D eigenvalue weighted by Crippen LogP contribution is 2.29. The van der Waals surface area contributed by atoms with Crippen LogP contribution in [0.4, 0.5) is 0 Å². The van der Waals surface area contributed by atoms with E-state index in [1.807, 2.05) is 0 Å². The van der Waals surface area contributed by atoms with Crippen LogP contribution in [0.1, 0.15) is 58.8 Å². The molecule has 6 heteroatoms. The number of unbranched alkanes of at least 4 members (excludes halogenated alkanes) is 1. The lowest BCUT2D eigenvalue weighted by molar-refractivity contribution is -0.138. The molecule has 5 nitrogen and oxygen atoms in total. The van der Waals surface area contributed by atoms with Crippen LogP contribution in [-0.4, -0.2) is 30.0 Å². The Balaban J connectivity index is 2.03. The Hall–Kier alpha value is -1.75. The fourth-order valence-electron chi connectivity index (χ4n) is 3.23. The van der Waals surface area contributed by atoms with Gasteiger partial charge < -0.3 is 15.4 Å². The number of hydrogen-bond donors (Lipinski definition) is 2. The van der Waals surface area contributed by atoms with Gasteiger partial charge in [0.1, 0.15) is 11.3 Å². The molecule has 0 saturated heterocycles. The maximum atomic E-state index is 12.8. The SMILES string of the molecule is CCCCNC(=O)C1(NC(=O)C(C)Oc2ccccc2Cl)CCCCC1. The van der Waals surface area contributed by atoms with Crippen molar-refractivity contribution in [3.05, 3.63) is 29.3 Å². The van der Waals surface area contributed by atoms with Gasteiger partial charge >= 0.3 is 0 Å². The number of halogens is 1. The van der Waals surface area contributed by atoms with E-state index in [1.54, 1.807) is 31.2 Å². The minimum atomic E-state index is -0.832. The number of ether oxygens (including phenoxy) is 1. The summed E-state index contributed by atoms with van der Waals surface area (Å²) in [6, 6.07) is 7.04. The lowest BCUT2D eigenvalue weighted by Crippen LogP contribution is -2.61. The van der Waals surface area contributed by atoms with Crippen LogP contribution in [0, 0.1) is 0 Å². The summed E-state index contributed by atoms with van der Waals surface area (Å²) in [5.41, 5.74) is -0.832. The Morgan fingerprint density at radius 1 is 1.23 bits per heavy atom. The summed E-state index contributed by atoms with van der Waals surface area (Å²) in [4.78, 5) is 25.5. The third kappa shape index (κ3) is 5.37. The molecule has 1 saturated carbocycles. The number of hydrogen-bond acceptors (Lipinski definition) is 3. The normalized spacial score (nSPS) is 17.2. The molecule has 26 heavy (non-hydrogen) atoms. The molecule has 1 aliphatic rings. The van der Waals surface area contributed by atoms with Gasteiger partial charge in [0.2, 0.25) is 5.91 Å². The number of benzene rings is 1. The van der Waals surface area contributed by atoms with Crippen molar-refractivity contribution in [3.8, 4) is 5.75 Å². The van der Waals surface area contributed by atoms with Gasteiger partial charge in [-0.15, -0.1) is 0 Å². The van der Waals surface area contributed by atoms with Crippen LogP contribution in [-0.2, 0) is 9.59 Å². The largest absolute Gasteiger partial charge is 0.479 e. The second-order valence-corrected chi connectivity index (χ2v) is 7.34. The van der Waals surface area contributed by atoms with E-state index in [9.17, 15) is 9.59 Å². The summed E-state index contributed by atoms with van der Waals surface area (Å²) >= 11 is 6.09. The van der Waals surface area contributed by atoms with E-state index in [2.05, 4.69) is 17.6 Å². The van der Waals surface area contributed by atoms with Gasteiger partial charge in [-0.2, -0.15) is 0 Å². The summed E-state index contributed by atoms with van der Waals surface area (Å²) < 4.78 is 5.70. The van der Waals surface area contributed by atoms with E-state index in [0.717, 1.165) is 32.1 Å². The zero-order valence-electron chi connectivity index (χ0n) is 15.6. The molecular formula is C20H29ClN2O3. The van der Waals surface area contributed by atoms with Crippen molar-refractivity contribution < 1.29 is 14.3 Å². The summed E-state index contributed by atoms with van der Waals surface area (Å²) in [5.74, 6) is 0.0864. The molecule has 1 atom stereocenters. The van der Waals surface area contributed by atoms with Crippen LogP contribution in [0.15, 0.2) is 24.3 Å². The van der Waals surface area contributed by atoms with Crippen molar-refractivity contribution in [2.45, 2.75) is 70.4 Å². The predicted molar refractivity (Wildman–Crippen MR) is 103 cm³/mol. The second kappa shape index (κ2) is 9.81. The summed E-state index contributed by atoms with van der Waals surface area (Å²) in [7, 11) is 0. The number of para-hydroxylation sites is 1. The van der Waals surface area contributed by atoms with Crippen LogP contribution in [0.25, 0.3) is 0 Å². The molecule has 0 aromatic heterocycles. The lowest BCUT2D eigenvalue weighted by atomic mass is 9.80. The topological polar surface area (TPSA) is 67.4 Å². The minimum absolute atomic E-state index is 0.0797. The first-order valence-corrected chi connectivity index (χ1v) is 9.88. The molecule has 2 amide bonds. The number of amides is 2. The fourth-order valence-corrected chi connectivity index (χ4v) is 3.41. The molecule has 0 bridgehead atoms. The molecule has 0 spiro atoms. The van der Waals surface area contributed by atoms with E-state index in [4.69, 9.17) is 16.3 Å². The quantitative estimate of drug-likeness (QED) is 0.673. The zero-order chi connectivity index (χ0) is 19.0. The van der Waals surface area contributed by atoms with Gasteiger partial charge in [-0.3, -0.25) is 9.59 Å². The van der Waals surface area contributed by atoms with E-state index in [-0.39, 0.29) is 11.8 Å². The van der Waals surface area contributed by atoms with Gasteiger partial charge in [-0.1, -0.05) is 56.3 Å². The first kappa shape index (κ1) is 20.6. The number of carbonyl (C=O) groups is 2. The molecule has 1 aliphatic carbocycles. The molecule has 1 aromatic rings. The van der Waals surface area contributed by atoms with E-state index in [0.29, 0.717) is 30.2 Å². The van der Waals surface area contributed by atoms with Crippen molar-refractivity contribution in [1.29, 1.82) is 0 Å². The van der Waals surface area contributed by atoms with Crippen LogP contribution in [0.2, 0.25) is 5.02 Å². The molecule has 1 fully saturated rings. The van der Waals surface area contributed by atoms with Gasteiger partial charge in [0.25, 0.3) is 5.91 Å². The lowest BCUT2D eigenvalue weighted by Gasteiger charge is -2.37. The summed E-state index contributed by atoms with van der Waals surface area (Å²) in [5, 5.41) is 6.42. The Labute approximate surface area is 160 Å². The Morgan fingerprint density at radius 3 is 2.58 bits per heavy atom. The Morgan fingerprint density at radius 2 is 1.92 bits per heavy atom. The van der Waals surface area contributed by atoms with Crippen molar-refractivity contribution in [2.75, 3.05) is 6.54 Å². The average Bonchev–Trinajstić information content (AvgIpc) is 2.64. The van der Waals surface area contributed by atoms with Gasteiger partial charge in [0.15, 0.2) is 6.10 Å². The standard InChI is InChI=1S/C20H29ClN2O3/c1-3-4-14-22-19(25)20(12-8-5-9-13-20)23-18(24)15(2)26-17-11-7-6-10-16(17)21/h6-7,10-11,15H,3-5,8-9,12-14H2,1-2H3,(H,22,25)(H,23,24). The Kier molecular flexibility index (Phi) is 7.76. The third-order valence-electron chi connectivity index (χ3n) is 4.83. The molecule has 144 valence electrons. The Bertz CT molecular complexity index is 615. The zero-order valence-corrected chi connectivity index (χ0v) is 16.4. The maximum absolute atomic E-state index is 12.8. The average molecular weight is 381 g/mol. The van der Waals surface area contributed by atoms with Gasteiger partial charge in [-0.05, 0) is 38.3 Å². The summed E-state index contributed by atoms with van der Waals surface area (Å²) in [6.07, 6.45) is 5.49. The van der Waals surface area contributed by atoms with Gasteiger partial charge in [0, 0.05) is 6.54 Å². The van der Waals surface area contributed by atoms with E-state index in [1.165, 1.54) is 0 Å². The smallest absolute Gasteiger partial charge is 0.261 e. The highest BCUT2D eigenvalue weighted by molar-refractivity contribution is 6.32. The molecule has 0 aliphatic heterocycles. The number of nitrogens with one attached hydrogen (secondary N) is 2. The van der Waals surface area contributed by atoms with Crippen LogP contribution in [0.3, 0.4) is 0 Å². The molecule has 1 unspecified atom stereocenters. The van der Waals surface area contributed by atoms with Crippen molar-refractivity contribution in [2.24, 2.45) is 0 Å². The number of carbonyl (C=O) groups excluding carboxylic acids is 2. The predicted octanol–water partition coefficient (Wildman–Crippen LogP) is 3.84. The highest BCUT2D eigenvalue weighted by Gasteiger charge is 2.41. The molecule has 0 radical (unpaired) electrons. The van der Waals surface area contributed by atoms with Gasteiger partial charge in [-0.25, -0.2) is 0 Å². The first-order chi connectivity index (χ1) is 12.5. The van der Waals surface area contributed by atoms with Crippen molar-refractivity contribution >= 4 is 23.4 Å². The third-order valence-corrected chi connectivity index (χ3v) is 5.14. The fraction of sp³-hybridized carbons (Fsp3) is 0.600. The highest BCUT2D eigenvalue weighted by atomic mass is 35.5. The first-order valence-electron chi connectivity index (χ1n) is 9.50. The van der Waals surface area contributed by atoms with Crippen molar-refractivity contribution in [3.63, 3.8) is 0 Å². The molecule has 2 rings (SSSR count). The van der Waals surface area contributed by atoms with Crippen LogP contribution < -0.4 is 15.4 Å². The van der Waals surface area contributed by atoms with Crippen LogP contribution in [0.5, 0.6) is 5.75 Å². The van der Waals surface area contributed by atoms with Crippen LogP contribution >= 0.6 is 11.6 Å². The summed E-state index contributed by atoms with van der Waals surface area (Å²) in [6.45, 7) is 4.39. The molecule has 2 N–H and O–H groups in total. The van der Waals surface area contributed by atoms with Crippen molar-refractivity contribution in [1.82, 2.24) is 10.6 Å². The number of rotatable bonds is 8. The minimum Gasteiger partial charge on any atom is -0.479 e. The van der Waals surface area contributed by atoms with E-state index >= 15 is 0 Å². The second-order valence-electron chi connectivity index (χ2n) is 6.93. The molecular weight excluding hydrogens is 352 g/mol. The molecule has 1 aromatic carbocycles. The molecule has 0 heterocycles. The van der Waals surface area contributed by atoms with Gasteiger partial charge in [0.05, 0.1) is 5.02 Å². The monoisotopic (exact) mass is 380 g/mol.